The number of halogens is 2. The van der Waals surface area contributed by atoms with Crippen molar-refractivity contribution >= 4 is 23.2 Å². The molecule has 1 N–H and O–H groups in total. The zero-order valence-corrected chi connectivity index (χ0v) is 14.0. The van der Waals surface area contributed by atoms with Gasteiger partial charge in [-0.2, -0.15) is 0 Å². The summed E-state index contributed by atoms with van der Waals surface area (Å²) in [5.41, 5.74) is 4.07. The molecule has 2 rings (SSSR count). The van der Waals surface area contributed by atoms with Gasteiger partial charge >= 0.3 is 0 Å². The number of nitrogens with zero attached hydrogens (tertiary/aromatic N) is 1. The third-order valence-electron chi connectivity index (χ3n) is 3.49. The number of hydrogen-bond acceptors (Lipinski definition) is 3. The zero-order valence-electron chi connectivity index (χ0n) is 12.5. The quantitative estimate of drug-likeness (QED) is 0.909. The van der Waals surface area contributed by atoms with Gasteiger partial charge in [0.05, 0.1) is 28.9 Å². The maximum Gasteiger partial charge on any atom is 0.122 e. The van der Waals surface area contributed by atoms with Crippen LogP contribution in [0.2, 0.25) is 10.0 Å². The van der Waals surface area contributed by atoms with Crippen LogP contribution in [0.3, 0.4) is 0 Å². The Kier molecular flexibility index (Phi) is 5.09. The third kappa shape index (κ3) is 3.31. The van der Waals surface area contributed by atoms with Crippen LogP contribution in [0.25, 0.3) is 0 Å². The summed E-state index contributed by atoms with van der Waals surface area (Å²) >= 11 is 12.2. The molecule has 0 aliphatic heterocycles. The van der Waals surface area contributed by atoms with E-state index in [1.165, 1.54) is 0 Å². The fourth-order valence-electron chi connectivity index (χ4n) is 2.42. The maximum atomic E-state index is 6.29. The summed E-state index contributed by atoms with van der Waals surface area (Å²) in [6.07, 6.45) is 1.61. The molecule has 0 radical (unpaired) electrons. The van der Waals surface area contributed by atoms with E-state index in [1.807, 2.05) is 27.0 Å². The molecule has 21 heavy (non-hydrogen) atoms. The van der Waals surface area contributed by atoms with Gasteiger partial charge in [-0.1, -0.05) is 29.3 Å². The lowest BCUT2D eigenvalue weighted by atomic mass is 9.96. The Morgan fingerprint density at radius 1 is 1.14 bits per heavy atom. The molecule has 0 saturated carbocycles. The van der Waals surface area contributed by atoms with Crippen molar-refractivity contribution in [3.63, 3.8) is 0 Å². The first-order valence-corrected chi connectivity index (χ1v) is 7.36. The van der Waals surface area contributed by atoms with Crippen molar-refractivity contribution in [3.05, 3.63) is 56.8 Å². The SMILES string of the molecule is CNC(c1cc(C)c(OC)cc1C)c1ncc(Cl)cc1Cl. The molecule has 0 aliphatic rings. The van der Waals surface area contributed by atoms with E-state index in [-0.39, 0.29) is 6.04 Å². The largest absolute Gasteiger partial charge is 0.496 e. The molecule has 0 bridgehead atoms. The fraction of sp³-hybridized carbons (Fsp3) is 0.312. The van der Waals surface area contributed by atoms with Crippen molar-refractivity contribution < 1.29 is 4.74 Å². The van der Waals surface area contributed by atoms with E-state index in [9.17, 15) is 0 Å². The van der Waals surface area contributed by atoms with Gasteiger partial charge in [0, 0.05) is 6.20 Å². The Balaban J connectivity index is 2.53. The molecule has 112 valence electrons. The second-order valence-electron chi connectivity index (χ2n) is 4.92. The second kappa shape index (κ2) is 6.65. The Morgan fingerprint density at radius 3 is 2.43 bits per heavy atom. The Morgan fingerprint density at radius 2 is 1.86 bits per heavy atom. The van der Waals surface area contributed by atoms with Crippen LogP contribution in [0.4, 0.5) is 0 Å². The highest BCUT2D eigenvalue weighted by Crippen LogP contribution is 2.32. The van der Waals surface area contributed by atoms with Crippen LogP contribution >= 0.6 is 23.2 Å². The minimum atomic E-state index is -0.0978. The number of aromatic nitrogens is 1. The monoisotopic (exact) mass is 324 g/mol. The highest BCUT2D eigenvalue weighted by atomic mass is 35.5. The number of benzene rings is 1. The molecule has 1 heterocycles. The van der Waals surface area contributed by atoms with E-state index in [0.717, 1.165) is 28.1 Å². The Bertz CT molecular complexity index is 659. The van der Waals surface area contributed by atoms with Gasteiger partial charge in [-0.05, 0) is 49.7 Å². The van der Waals surface area contributed by atoms with Crippen LogP contribution in [-0.2, 0) is 0 Å². The first-order valence-electron chi connectivity index (χ1n) is 6.61. The van der Waals surface area contributed by atoms with Crippen LogP contribution < -0.4 is 10.1 Å². The minimum absolute atomic E-state index is 0.0978. The van der Waals surface area contributed by atoms with E-state index in [4.69, 9.17) is 27.9 Å². The molecule has 2 aromatic rings. The van der Waals surface area contributed by atoms with Crippen LogP contribution in [-0.4, -0.2) is 19.1 Å². The zero-order chi connectivity index (χ0) is 15.6. The molecule has 0 fully saturated rings. The summed E-state index contributed by atoms with van der Waals surface area (Å²) in [6, 6.07) is 5.74. The number of pyridine rings is 1. The van der Waals surface area contributed by atoms with Crippen LogP contribution in [0, 0.1) is 13.8 Å². The van der Waals surface area contributed by atoms with Crippen LogP contribution in [0.1, 0.15) is 28.4 Å². The fourth-order valence-corrected chi connectivity index (χ4v) is 2.91. The molecule has 0 saturated heterocycles. The molecule has 1 aromatic carbocycles. The van der Waals surface area contributed by atoms with Gasteiger partial charge in [-0.25, -0.2) is 0 Å². The summed E-state index contributed by atoms with van der Waals surface area (Å²) in [6.45, 7) is 4.07. The smallest absolute Gasteiger partial charge is 0.122 e. The standard InChI is InChI=1S/C16H18Cl2N2O/c1-9-6-14(21-4)10(2)5-12(9)15(19-3)16-13(18)7-11(17)8-20-16/h5-8,15,19H,1-4H3. The lowest BCUT2D eigenvalue weighted by molar-refractivity contribution is 0.411. The van der Waals surface area contributed by atoms with E-state index in [2.05, 4.69) is 16.4 Å². The molecular weight excluding hydrogens is 307 g/mol. The molecule has 1 unspecified atom stereocenters. The van der Waals surface area contributed by atoms with Crippen LogP contribution in [0.5, 0.6) is 5.75 Å². The van der Waals surface area contributed by atoms with Gasteiger partial charge in [-0.3, -0.25) is 4.98 Å². The van der Waals surface area contributed by atoms with Crippen molar-refractivity contribution in [2.45, 2.75) is 19.9 Å². The molecule has 0 aliphatic carbocycles. The predicted octanol–water partition coefficient (Wildman–Crippen LogP) is 4.32. The highest BCUT2D eigenvalue weighted by molar-refractivity contribution is 6.34. The van der Waals surface area contributed by atoms with Crippen molar-refractivity contribution in [3.8, 4) is 5.75 Å². The molecule has 1 atom stereocenters. The van der Waals surface area contributed by atoms with Crippen molar-refractivity contribution in [1.29, 1.82) is 0 Å². The van der Waals surface area contributed by atoms with Gasteiger partial charge in [0.25, 0.3) is 0 Å². The molecule has 1 aromatic heterocycles. The summed E-state index contributed by atoms with van der Waals surface area (Å²) in [4.78, 5) is 4.38. The average Bonchev–Trinajstić information content (AvgIpc) is 2.45. The number of methoxy groups -OCH3 is 1. The first-order chi connectivity index (χ1) is 9.97. The third-order valence-corrected chi connectivity index (χ3v) is 4.00. The predicted molar refractivity (Wildman–Crippen MR) is 87.6 cm³/mol. The van der Waals surface area contributed by atoms with E-state index < -0.39 is 0 Å². The van der Waals surface area contributed by atoms with Crippen molar-refractivity contribution in [2.75, 3.05) is 14.2 Å². The van der Waals surface area contributed by atoms with Crippen molar-refractivity contribution in [1.82, 2.24) is 10.3 Å². The lowest BCUT2D eigenvalue weighted by Crippen LogP contribution is -2.20. The van der Waals surface area contributed by atoms with Gasteiger partial charge in [-0.15, -0.1) is 0 Å². The summed E-state index contributed by atoms with van der Waals surface area (Å²) < 4.78 is 5.36. The Hall–Kier alpha value is -1.29. The average molecular weight is 325 g/mol. The molecule has 0 spiro atoms. The number of aryl methyl sites for hydroxylation is 2. The number of hydrogen-bond donors (Lipinski definition) is 1. The topological polar surface area (TPSA) is 34.1 Å². The minimum Gasteiger partial charge on any atom is -0.496 e. The molecule has 5 heteroatoms. The summed E-state index contributed by atoms with van der Waals surface area (Å²) in [7, 11) is 3.56. The van der Waals surface area contributed by atoms with E-state index in [1.54, 1.807) is 19.4 Å². The maximum absolute atomic E-state index is 6.29. The number of rotatable bonds is 4. The second-order valence-corrected chi connectivity index (χ2v) is 5.76. The highest BCUT2D eigenvalue weighted by Gasteiger charge is 2.20. The molecule has 3 nitrogen and oxygen atoms in total. The first kappa shape index (κ1) is 16.1. The normalized spacial score (nSPS) is 12.3. The van der Waals surface area contributed by atoms with E-state index >= 15 is 0 Å². The van der Waals surface area contributed by atoms with Crippen molar-refractivity contribution in [2.24, 2.45) is 0 Å². The lowest BCUT2D eigenvalue weighted by Gasteiger charge is -2.21. The van der Waals surface area contributed by atoms with Gasteiger partial charge in [0.2, 0.25) is 0 Å². The summed E-state index contributed by atoms with van der Waals surface area (Å²) in [5, 5.41) is 4.35. The van der Waals surface area contributed by atoms with E-state index in [0.29, 0.717) is 10.0 Å². The Labute approximate surface area is 135 Å². The number of nitrogens with one attached hydrogen (secondary N) is 1. The van der Waals surface area contributed by atoms with Gasteiger partial charge in [0.1, 0.15) is 5.75 Å². The van der Waals surface area contributed by atoms with Gasteiger partial charge in [0.15, 0.2) is 0 Å². The number of ether oxygens (including phenoxy) is 1. The van der Waals surface area contributed by atoms with Gasteiger partial charge < -0.3 is 10.1 Å². The molecular formula is C16H18Cl2N2O. The van der Waals surface area contributed by atoms with Crippen LogP contribution in [0.15, 0.2) is 24.4 Å². The summed E-state index contributed by atoms with van der Waals surface area (Å²) in [5.74, 6) is 0.876. The molecule has 0 amide bonds.